The van der Waals surface area contributed by atoms with Crippen LogP contribution in [0.3, 0.4) is 0 Å². The molecule has 1 N–H and O–H groups in total. The number of hydrogen-bond donors (Lipinski definition) is 1. The number of aryl methyl sites for hydroxylation is 1. The second kappa shape index (κ2) is 3.77. The van der Waals surface area contributed by atoms with E-state index >= 15 is 0 Å². The lowest BCUT2D eigenvalue weighted by atomic mass is 9.89. The van der Waals surface area contributed by atoms with Crippen molar-refractivity contribution in [3.05, 3.63) is 22.6 Å². The van der Waals surface area contributed by atoms with E-state index in [0.717, 1.165) is 6.42 Å². The molecule has 1 aromatic heterocycles. The Morgan fingerprint density at radius 2 is 2.06 bits per heavy atom. The quantitative estimate of drug-likeness (QED) is 0.835. The molecule has 0 aliphatic heterocycles. The Bertz CT molecular complexity index is 454. The summed E-state index contributed by atoms with van der Waals surface area (Å²) in [5.74, 6) is -0.597. The van der Waals surface area contributed by atoms with Gasteiger partial charge in [0, 0.05) is 18.4 Å². The second-order valence-corrected chi connectivity index (χ2v) is 4.38. The molecule has 0 radical (unpaired) electrons. The highest BCUT2D eigenvalue weighted by Gasteiger charge is 2.31. The predicted molar refractivity (Wildman–Crippen MR) is 57.0 cm³/mol. The first-order valence-corrected chi connectivity index (χ1v) is 5.44. The third kappa shape index (κ3) is 1.54. The summed E-state index contributed by atoms with van der Waals surface area (Å²) < 4.78 is 5.31. The van der Waals surface area contributed by atoms with Crippen LogP contribution in [0, 0.1) is 0 Å². The molecule has 16 heavy (non-hydrogen) atoms. The molecule has 0 atom stereocenters. The highest BCUT2D eigenvalue weighted by Crippen LogP contribution is 2.34. The number of carbonyl (C=O) groups excluding carboxylic acids is 1. The van der Waals surface area contributed by atoms with E-state index in [4.69, 9.17) is 9.52 Å². The van der Waals surface area contributed by atoms with E-state index < -0.39 is 5.97 Å². The maximum Gasteiger partial charge on any atom is 0.372 e. The number of hydrogen-bond acceptors (Lipinski definition) is 3. The van der Waals surface area contributed by atoms with E-state index in [1.165, 1.54) is 0 Å². The van der Waals surface area contributed by atoms with Gasteiger partial charge in [0.15, 0.2) is 5.78 Å². The summed E-state index contributed by atoms with van der Waals surface area (Å²) in [5.41, 5.74) is 1.09. The van der Waals surface area contributed by atoms with E-state index in [1.807, 2.05) is 13.8 Å². The summed E-state index contributed by atoms with van der Waals surface area (Å²) in [6.45, 7) is 3.75. The van der Waals surface area contributed by atoms with Gasteiger partial charge in [0.25, 0.3) is 0 Å². The number of carboxylic acid groups (broad SMARTS) is 1. The smallest absolute Gasteiger partial charge is 0.372 e. The number of carbonyl (C=O) groups is 2. The first-order chi connectivity index (χ1) is 7.52. The van der Waals surface area contributed by atoms with E-state index in [9.17, 15) is 9.59 Å². The fourth-order valence-corrected chi connectivity index (χ4v) is 2.22. The van der Waals surface area contributed by atoms with Crippen molar-refractivity contribution in [1.82, 2.24) is 0 Å². The number of fused-ring (bicyclic) bond motifs is 1. The minimum Gasteiger partial charge on any atom is -0.475 e. The average molecular weight is 222 g/mol. The van der Waals surface area contributed by atoms with Crippen molar-refractivity contribution in [2.75, 3.05) is 0 Å². The van der Waals surface area contributed by atoms with Gasteiger partial charge < -0.3 is 9.52 Å². The Kier molecular flexibility index (Phi) is 2.58. The molecule has 0 amide bonds. The van der Waals surface area contributed by atoms with Gasteiger partial charge in [0.2, 0.25) is 5.76 Å². The molecule has 86 valence electrons. The second-order valence-electron chi connectivity index (χ2n) is 4.38. The summed E-state index contributed by atoms with van der Waals surface area (Å²) in [6, 6.07) is 0. The highest BCUT2D eigenvalue weighted by molar-refractivity contribution is 6.02. The Balaban J connectivity index is 2.66. The lowest BCUT2D eigenvalue weighted by molar-refractivity contribution is 0.0657. The molecular weight excluding hydrogens is 208 g/mol. The van der Waals surface area contributed by atoms with Crippen molar-refractivity contribution in [3.8, 4) is 0 Å². The largest absolute Gasteiger partial charge is 0.475 e. The molecule has 1 aliphatic carbocycles. The van der Waals surface area contributed by atoms with Crippen LogP contribution in [0.25, 0.3) is 0 Å². The molecule has 0 spiro atoms. The number of ketones is 1. The molecule has 0 bridgehead atoms. The highest BCUT2D eigenvalue weighted by atomic mass is 16.4. The topological polar surface area (TPSA) is 67.5 Å². The van der Waals surface area contributed by atoms with Gasteiger partial charge in [-0.2, -0.15) is 0 Å². The van der Waals surface area contributed by atoms with Crippen LogP contribution >= 0.6 is 0 Å². The number of furan rings is 1. The molecule has 0 unspecified atom stereocenters. The molecule has 0 aromatic carbocycles. The van der Waals surface area contributed by atoms with Crippen molar-refractivity contribution in [2.24, 2.45) is 0 Å². The monoisotopic (exact) mass is 222 g/mol. The van der Waals surface area contributed by atoms with Crippen molar-refractivity contribution in [1.29, 1.82) is 0 Å². The normalized spacial score (nSPS) is 15.3. The van der Waals surface area contributed by atoms with Gasteiger partial charge in [0.05, 0.1) is 5.56 Å². The standard InChI is InChI=1S/C12H14O4/c1-6(2)9-10-7(13)4-3-5-8(10)16-11(9)12(14)15/h6H,3-5H2,1-2H3,(H,14,15). The SMILES string of the molecule is CC(C)c1c(C(=O)O)oc2c1C(=O)CCC2. The molecule has 4 heteroatoms. The maximum atomic E-state index is 11.8. The third-order valence-electron chi connectivity index (χ3n) is 2.88. The molecule has 4 nitrogen and oxygen atoms in total. The van der Waals surface area contributed by atoms with Crippen LogP contribution in [0.2, 0.25) is 0 Å². The van der Waals surface area contributed by atoms with E-state index in [2.05, 4.69) is 0 Å². The average Bonchev–Trinajstić information content (AvgIpc) is 2.58. The molecule has 1 heterocycles. The zero-order chi connectivity index (χ0) is 11.9. The van der Waals surface area contributed by atoms with Crippen LogP contribution in [0.15, 0.2) is 4.42 Å². The zero-order valence-corrected chi connectivity index (χ0v) is 9.37. The fourth-order valence-electron chi connectivity index (χ4n) is 2.22. The first kappa shape index (κ1) is 10.9. The summed E-state index contributed by atoms with van der Waals surface area (Å²) in [5, 5.41) is 9.04. The van der Waals surface area contributed by atoms with Gasteiger partial charge in [-0.25, -0.2) is 4.79 Å². The van der Waals surface area contributed by atoms with E-state index in [0.29, 0.717) is 29.7 Å². The third-order valence-corrected chi connectivity index (χ3v) is 2.88. The Labute approximate surface area is 93.3 Å². The van der Waals surface area contributed by atoms with Gasteiger partial charge in [-0.1, -0.05) is 13.8 Å². The minimum absolute atomic E-state index is 0.0133. The Morgan fingerprint density at radius 1 is 1.38 bits per heavy atom. The van der Waals surface area contributed by atoms with Crippen LogP contribution < -0.4 is 0 Å². The summed E-state index contributed by atoms with van der Waals surface area (Å²) in [7, 11) is 0. The maximum absolute atomic E-state index is 11.8. The fraction of sp³-hybridized carbons (Fsp3) is 0.500. The van der Waals surface area contributed by atoms with Crippen LogP contribution in [0.5, 0.6) is 0 Å². The number of carboxylic acids is 1. The predicted octanol–water partition coefficient (Wildman–Crippen LogP) is 2.62. The summed E-state index contributed by atoms with van der Waals surface area (Å²) in [6.07, 6.45) is 1.90. The van der Waals surface area contributed by atoms with Gasteiger partial charge in [-0.3, -0.25) is 4.79 Å². The van der Waals surface area contributed by atoms with Crippen molar-refractivity contribution in [2.45, 2.75) is 39.0 Å². The molecule has 0 saturated carbocycles. The minimum atomic E-state index is -1.09. The molecule has 0 fully saturated rings. The van der Waals surface area contributed by atoms with Crippen LogP contribution in [-0.2, 0) is 6.42 Å². The Morgan fingerprint density at radius 3 is 2.62 bits per heavy atom. The molecule has 1 aliphatic rings. The van der Waals surface area contributed by atoms with Crippen molar-refractivity contribution in [3.63, 3.8) is 0 Å². The van der Waals surface area contributed by atoms with Crippen molar-refractivity contribution >= 4 is 11.8 Å². The van der Waals surface area contributed by atoms with Gasteiger partial charge in [0.1, 0.15) is 5.76 Å². The summed E-state index contributed by atoms with van der Waals surface area (Å²) in [4.78, 5) is 22.8. The van der Waals surface area contributed by atoms with Crippen LogP contribution in [0.1, 0.15) is 64.8 Å². The number of Topliss-reactive ketones (excluding diaryl/α,β-unsaturated/α-hetero) is 1. The zero-order valence-electron chi connectivity index (χ0n) is 9.37. The first-order valence-electron chi connectivity index (χ1n) is 5.44. The molecule has 0 saturated heterocycles. The van der Waals surface area contributed by atoms with Gasteiger partial charge in [-0.15, -0.1) is 0 Å². The molecule has 1 aromatic rings. The van der Waals surface area contributed by atoms with Crippen molar-refractivity contribution < 1.29 is 19.1 Å². The summed E-state index contributed by atoms with van der Waals surface area (Å²) >= 11 is 0. The van der Waals surface area contributed by atoms with Gasteiger partial charge >= 0.3 is 5.97 Å². The van der Waals surface area contributed by atoms with E-state index in [1.54, 1.807) is 0 Å². The van der Waals surface area contributed by atoms with Gasteiger partial charge in [-0.05, 0) is 12.3 Å². The van der Waals surface area contributed by atoms with Crippen LogP contribution in [-0.4, -0.2) is 16.9 Å². The van der Waals surface area contributed by atoms with E-state index in [-0.39, 0.29) is 17.5 Å². The Hall–Kier alpha value is -1.58. The van der Waals surface area contributed by atoms with Crippen LogP contribution in [0.4, 0.5) is 0 Å². The number of aromatic carboxylic acids is 1. The lowest BCUT2D eigenvalue weighted by Gasteiger charge is -2.11. The number of rotatable bonds is 2. The molecule has 2 rings (SSSR count). The molecular formula is C12H14O4. The lowest BCUT2D eigenvalue weighted by Crippen LogP contribution is -2.12.